The van der Waals surface area contributed by atoms with Gasteiger partial charge in [-0.3, -0.25) is 15.2 Å². The highest BCUT2D eigenvalue weighted by molar-refractivity contribution is 5.89. The smallest absolute Gasteiger partial charge is 0.249 e. The number of nitrogens with one attached hydrogen (secondary N) is 2. The molecule has 0 bridgehead atoms. The van der Waals surface area contributed by atoms with Crippen LogP contribution in [0.4, 0.5) is 5.95 Å². The SMILES string of the molecule is CCCCCCCCC(=O)Nc1n[nH]c(-c2ccc(OC)cc2OC)n1. The van der Waals surface area contributed by atoms with E-state index in [0.717, 1.165) is 18.4 Å². The molecule has 0 radical (unpaired) electrons. The topological polar surface area (TPSA) is 89.1 Å². The number of H-pyrrole nitrogens is 1. The Morgan fingerprint density at radius 1 is 1.12 bits per heavy atom. The van der Waals surface area contributed by atoms with Crippen LogP contribution in [0.15, 0.2) is 18.2 Å². The van der Waals surface area contributed by atoms with Crippen LogP contribution in [0, 0.1) is 0 Å². The van der Waals surface area contributed by atoms with E-state index in [1.165, 1.54) is 25.7 Å². The van der Waals surface area contributed by atoms with Crippen molar-refractivity contribution < 1.29 is 14.3 Å². The Kier molecular flexibility index (Phi) is 7.92. The van der Waals surface area contributed by atoms with E-state index in [1.54, 1.807) is 20.3 Å². The van der Waals surface area contributed by atoms with Crippen LogP contribution in [-0.4, -0.2) is 35.3 Å². The highest BCUT2D eigenvalue weighted by Crippen LogP contribution is 2.31. The van der Waals surface area contributed by atoms with Crippen LogP contribution in [0.1, 0.15) is 51.9 Å². The molecule has 1 amide bonds. The number of nitrogens with zero attached hydrogens (tertiary/aromatic N) is 2. The third-order valence-electron chi connectivity index (χ3n) is 4.16. The summed E-state index contributed by atoms with van der Waals surface area (Å²) in [5.41, 5.74) is 0.747. The van der Waals surface area contributed by atoms with Gasteiger partial charge in [0.2, 0.25) is 11.9 Å². The number of carbonyl (C=O) groups is 1. The molecule has 7 nitrogen and oxygen atoms in total. The molecule has 1 aromatic heterocycles. The summed E-state index contributed by atoms with van der Waals surface area (Å²) in [7, 11) is 3.18. The van der Waals surface area contributed by atoms with Gasteiger partial charge in [-0.05, 0) is 18.6 Å². The number of benzene rings is 1. The molecule has 0 spiro atoms. The predicted octanol–water partition coefficient (Wildman–Crippen LogP) is 4.18. The summed E-state index contributed by atoms with van der Waals surface area (Å²) in [6.45, 7) is 2.19. The Bertz CT molecular complexity index is 700. The maximum absolute atomic E-state index is 12.0. The van der Waals surface area contributed by atoms with Crippen molar-refractivity contribution in [3.63, 3.8) is 0 Å². The predicted molar refractivity (Wildman–Crippen MR) is 102 cm³/mol. The molecule has 2 rings (SSSR count). The standard InChI is InChI=1S/C19H28N4O3/c1-4-5-6-7-8-9-10-17(24)20-19-21-18(22-23-19)15-12-11-14(25-2)13-16(15)26-3/h11-13H,4-10H2,1-3H3,(H2,20,21,22,23,24). The molecule has 2 N–H and O–H groups in total. The van der Waals surface area contributed by atoms with Crippen LogP contribution in [0.25, 0.3) is 11.4 Å². The average Bonchev–Trinajstić information content (AvgIpc) is 3.12. The van der Waals surface area contributed by atoms with E-state index in [0.29, 0.717) is 23.7 Å². The molecule has 2 aromatic rings. The molecule has 0 aliphatic carbocycles. The van der Waals surface area contributed by atoms with Gasteiger partial charge in [-0.2, -0.15) is 4.98 Å². The number of hydrogen-bond donors (Lipinski definition) is 2. The quantitative estimate of drug-likeness (QED) is 0.587. The first-order valence-electron chi connectivity index (χ1n) is 9.12. The van der Waals surface area contributed by atoms with Crippen LogP contribution >= 0.6 is 0 Å². The summed E-state index contributed by atoms with van der Waals surface area (Å²) in [6, 6.07) is 5.42. The molecule has 1 heterocycles. The van der Waals surface area contributed by atoms with Crippen molar-refractivity contribution in [3.05, 3.63) is 18.2 Å². The number of carbonyl (C=O) groups excluding carboxylic acids is 1. The zero-order valence-corrected chi connectivity index (χ0v) is 15.8. The Hall–Kier alpha value is -2.57. The van der Waals surface area contributed by atoms with Crippen LogP contribution < -0.4 is 14.8 Å². The summed E-state index contributed by atoms with van der Waals surface area (Å²) < 4.78 is 10.6. The second kappa shape index (κ2) is 10.4. The van der Waals surface area contributed by atoms with Crippen LogP contribution in [-0.2, 0) is 4.79 Å². The molecular weight excluding hydrogens is 332 g/mol. The van der Waals surface area contributed by atoms with E-state index in [2.05, 4.69) is 27.4 Å². The van der Waals surface area contributed by atoms with Gasteiger partial charge in [0.1, 0.15) is 11.5 Å². The van der Waals surface area contributed by atoms with E-state index in [4.69, 9.17) is 9.47 Å². The molecule has 0 aliphatic heterocycles. The van der Waals surface area contributed by atoms with Gasteiger partial charge in [-0.25, -0.2) is 0 Å². The van der Waals surface area contributed by atoms with Crippen LogP contribution in [0.2, 0.25) is 0 Å². The number of hydrogen-bond acceptors (Lipinski definition) is 5. The molecule has 7 heteroatoms. The van der Waals surface area contributed by atoms with Crippen molar-refractivity contribution in [2.45, 2.75) is 51.9 Å². The van der Waals surface area contributed by atoms with E-state index in [9.17, 15) is 4.79 Å². The monoisotopic (exact) mass is 360 g/mol. The van der Waals surface area contributed by atoms with Crippen molar-refractivity contribution in [1.82, 2.24) is 15.2 Å². The lowest BCUT2D eigenvalue weighted by Gasteiger charge is -2.07. The first kappa shape index (κ1) is 19.8. The van der Waals surface area contributed by atoms with Crippen molar-refractivity contribution in [2.75, 3.05) is 19.5 Å². The Morgan fingerprint density at radius 3 is 2.62 bits per heavy atom. The third-order valence-corrected chi connectivity index (χ3v) is 4.16. The second-order valence-corrected chi connectivity index (χ2v) is 6.14. The first-order valence-corrected chi connectivity index (χ1v) is 9.12. The molecule has 0 aliphatic rings. The van der Waals surface area contributed by atoms with Gasteiger partial charge in [0.25, 0.3) is 0 Å². The Balaban J connectivity index is 1.88. The van der Waals surface area contributed by atoms with Crippen molar-refractivity contribution in [2.24, 2.45) is 0 Å². The minimum absolute atomic E-state index is 0.0623. The van der Waals surface area contributed by atoms with E-state index < -0.39 is 0 Å². The molecule has 0 saturated heterocycles. The van der Waals surface area contributed by atoms with Crippen LogP contribution in [0.5, 0.6) is 11.5 Å². The molecule has 0 unspecified atom stereocenters. The van der Waals surface area contributed by atoms with E-state index in [1.807, 2.05) is 12.1 Å². The number of anilines is 1. The molecule has 0 saturated carbocycles. The van der Waals surface area contributed by atoms with Crippen molar-refractivity contribution >= 4 is 11.9 Å². The molecule has 142 valence electrons. The van der Waals surface area contributed by atoms with Gasteiger partial charge in [-0.15, -0.1) is 5.10 Å². The second-order valence-electron chi connectivity index (χ2n) is 6.14. The lowest BCUT2D eigenvalue weighted by molar-refractivity contribution is -0.116. The number of aromatic amines is 1. The van der Waals surface area contributed by atoms with Gasteiger partial charge in [0.15, 0.2) is 5.82 Å². The summed E-state index contributed by atoms with van der Waals surface area (Å²) in [5.74, 6) is 2.05. The lowest BCUT2D eigenvalue weighted by Crippen LogP contribution is -2.12. The molecule has 0 fully saturated rings. The lowest BCUT2D eigenvalue weighted by atomic mass is 10.1. The molecule has 0 atom stereocenters. The van der Waals surface area contributed by atoms with Gasteiger partial charge in [-0.1, -0.05) is 39.0 Å². The fraction of sp³-hybridized carbons (Fsp3) is 0.526. The highest BCUT2D eigenvalue weighted by Gasteiger charge is 2.13. The third kappa shape index (κ3) is 5.75. The minimum atomic E-state index is -0.0623. The summed E-state index contributed by atoms with van der Waals surface area (Å²) in [4.78, 5) is 16.3. The van der Waals surface area contributed by atoms with E-state index in [-0.39, 0.29) is 11.9 Å². The highest BCUT2D eigenvalue weighted by atomic mass is 16.5. The van der Waals surface area contributed by atoms with Gasteiger partial charge < -0.3 is 9.47 Å². The summed E-state index contributed by atoms with van der Waals surface area (Å²) in [5, 5.41) is 9.63. The zero-order chi connectivity index (χ0) is 18.8. The van der Waals surface area contributed by atoms with Crippen molar-refractivity contribution in [1.29, 1.82) is 0 Å². The fourth-order valence-electron chi connectivity index (χ4n) is 2.69. The van der Waals surface area contributed by atoms with Gasteiger partial charge in [0, 0.05) is 12.5 Å². The summed E-state index contributed by atoms with van der Waals surface area (Å²) in [6.07, 6.45) is 7.37. The molecule has 1 aromatic carbocycles. The number of unbranched alkanes of at least 4 members (excludes halogenated alkanes) is 5. The summed E-state index contributed by atoms with van der Waals surface area (Å²) >= 11 is 0. The number of aromatic nitrogens is 3. The number of rotatable bonds is 11. The first-order chi connectivity index (χ1) is 12.7. The average molecular weight is 360 g/mol. The molecular formula is C19H28N4O3. The fourth-order valence-corrected chi connectivity index (χ4v) is 2.69. The van der Waals surface area contributed by atoms with Gasteiger partial charge >= 0.3 is 0 Å². The van der Waals surface area contributed by atoms with Gasteiger partial charge in [0.05, 0.1) is 19.8 Å². The van der Waals surface area contributed by atoms with Crippen LogP contribution in [0.3, 0.4) is 0 Å². The minimum Gasteiger partial charge on any atom is -0.497 e. The van der Waals surface area contributed by atoms with E-state index >= 15 is 0 Å². The normalized spacial score (nSPS) is 10.6. The zero-order valence-electron chi connectivity index (χ0n) is 15.8. The Morgan fingerprint density at radius 2 is 1.88 bits per heavy atom. The number of methoxy groups -OCH3 is 2. The molecule has 26 heavy (non-hydrogen) atoms. The maximum Gasteiger partial charge on any atom is 0.249 e. The number of ether oxygens (including phenoxy) is 2. The number of amides is 1. The Labute approximate surface area is 154 Å². The largest absolute Gasteiger partial charge is 0.497 e. The van der Waals surface area contributed by atoms with Crippen molar-refractivity contribution in [3.8, 4) is 22.9 Å². The maximum atomic E-state index is 12.0.